The van der Waals surface area contributed by atoms with Gasteiger partial charge in [0, 0.05) is 6.42 Å². The fourth-order valence-electron chi connectivity index (χ4n) is 1.08. The van der Waals surface area contributed by atoms with E-state index in [1.54, 1.807) is 0 Å². The lowest BCUT2D eigenvalue weighted by Gasteiger charge is -2.18. The largest absolute Gasteiger partial charge is 0.481 e. The zero-order valence-electron chi connectivity index (χ0n) is 6.08. The smallest absolute Gasteiger partial charge is 0.304 e. The van der Waals surface area contributed by atoms with Crippen LogP contribution < -0.4 is 0 Å². The van der Waals surface area contributed by atoms with Crippen LogP contribution in [0, 0.1) is 5.92 Å². The van der Waals surface area contributed by atoms with Crippen molar-refractivity contribution in [2.24, 2.45) is 5.92 Å². The second-order valence-corrected chi connectivity index (χ2v) is 2.59. The minimum Gasteiger partial charge on any atom is -0.481 e. The summed E-state index contributed by atoms with van der Waals surface area (Å²) in [6.07, 6.45) is 0.261. The summed E-state index contributed by atoms with van der Waals surface area (Å²) in [6.45, 7) is 0.708. The molecule has 1 saturated heterocycles. The Morgan fingerprint density at radius 1 is 1.73 bits per heavy atom. The third-order valence-electron chi connectivity index (χ3n) is 1.69. The molecule has 1 aliphatic heterocycles. The Morgan fingerprint density at radius 2 is 2.45 bits per heavy atom. The Hall–Kier alpha value is -0.900. The lowest BCUT2D eigenvalue weighted by atomic mass is 9.97. The first kappa shape index (κ1) is 8.20. The Labute approximate surface area is 64.2 Å². The molecule has 0 aromatic rings. The molecule has 0 bridgehead atoms. The topological polar surface area (TPSA) is 63.6 Å². The van der Waals surface area contributed by atoms with Gasteiger partial charge in [-0.1, -0.05) is 0 Å². The van der Waals surface area contributed by atoms with Gasteiger partial charge in [-0.15, -0.1) is 0 Å². The molecule has 0 saturated carbocycles. The second kappa shape index (κ2) is 3.48. The summed E-state index contributed by atoms with van der Waals surface area (Å²) in [7, 11) is 0. The molecule has 0 radical (unpaired) electrons. The Balaban J connectivity index is 2.42. The van der Waals surface area contributed by atoms with E-state index in [1.807, 2.05) is 0 Å². The zero-order chi connectivity index (χ0) is 8.27. The quantitative estimate of drug-likeness (QED) is 0.617. The van der Waals surface area contributed by atoms with Crippen LogP contribution >= 0.6 is 0 Å². The highest BCUT2D eigenvalue weighted by molar-refractivity contribution is 5.85. The van der Waals surface area contributed by atoms with E-state index < -0.39 is 11.9 Å². The lowest BCUT2D eigenvalue weighted by Crippen LogP contribution is -2.29. The SMILES string of the molecule is O=C(O)CC1COCCC1=O. The molecule has 1 aliphatic rings. The summed E-state index contributed by atoms with van der Waals surface area (Å²) in [5.74, 6) is -1.34. The van der Waals surface area contributed by atoms with E-state index in [0.717, 1.165) is 0 Å². The minimum atomic E-state index is -0.936. The summed E-state index contributed by atoms with van der Waals surface area (Å²) < 4.78 is 4.97. The van der Waals surface area contributed by atoms with Crippen molar-refractivity contribution < 1.29 is 19.4 Å². The highest BCUT2D eigenvalue weighted by Gasteiger charge is 2.24. The maximum Gasteiger partial charge on any atom is 0.304 e. The lowest BCUT2D eigenvalue weighted by molar-refractivity contribution is -0.144. The van der Waals surface area contributed by atoms with E-state index >= 15 is 0 Å². The number of aliphatic carboxylic acids is 1. The molecular formula is C7H10O4. The van der Waals surface area contributed by atoms with E-state index in [2.05, 4.69) is 0 Å². The summed E-state index contributed by atoms with van der Waals surface area (Å²) >= 11 is 0. The Bertz CT molecular complexity index is 175. The molecule has 11 heavy (non-hydrogen) atoms. The van der Waals surface area contributed by atoms with E-state index in [-0.39, 0.29) is 18.8 Å². The van der Waals surface area contributed by atoms with Crippen molar-refractivity contribution in [2.75, 3.05) is 13.2 Å². The van der Waals surface area contributed by atoms with Crippen molar-refractivity contribution in [1.29, 1.82) is 0 Å². The van der Waals surface area contributed by atoms with Gasteiger partial charge in [0.05, 0.1) is 25.6 Å². The number of carbonyl (C=O) groups excluding carboxylic acids is 1. The minimum absolute atomic E-state index is 0.0126. The van der Waals surface area contributed by atoms with Gasteiger partial charge >= 0.3 is 5.97 Å². The normalized spacial score (nSPS) is 25.1. The highest BCUT2D eigenvalue weighted by atomic mass is 16.5. The van der Waals surface area contributed by atoms with Crippen LogP contribution in [0.15, 0.2) is 0 Å². The van der Waals surface area contributed by atoms with Gasteiger partial charge in [0.25, 0.3) is 0 Å². The van der Waals surface area contributed by atoms with Crippen molar-refractivity contribution >= 4 is 11.8 Å². The maximum atomic E-state index is 11.0. The van der Waals surface area contributed by atoms with Crippen molar-refractivity contribution in [1.82, 2.24) is 0 Å². The van der Waals surface area contributed by atoms with Crippen LogP contribution in [-0.4, -0.2) is 30.1 Å². The molecule has 1 N–H and O–H groups in total. The van der Waals surface area contributed by atoms with Crippen LogP contribution in [0.2, 0.25) is 0 Å². The van der Waals surface area contributed by atoms with Crippen molar-refractivity contribution in [3.8, 4) is 0 Å². The van der Waals surface area contributed by atoms with E-state index in [0.29, 0.717) is 13.0 Å². The van der Waals surface area contributed by atoms with Gasteiger partial charge in [0.1, 0.15) is 5.78 Å². The molecule has 0 spiro atoms. The zero-order valence-corrected chi connectivity index (χ0v) is 6.08. The molecule has 1 rings (SSSR count). The first-order chi connectivity index (χ1) is 5.20. The molecule has 1 fully saturated rings. The van der Waals surface area contributed by atoms with Gasteiger partial charge < -0.3 is 9.84 Å². The molecule has 0 aromatic carbocycles. The maximum absolute atomic E-state index is 11.0. The number of ketones is 1. The summed E-state index contributed by atoms with van der Waals surface area (Å²) in [4.78, 5) is 21.2. The van der Waals surface area contributed by atoms with Crippen LogP contribution in [0.1, 0.15) is 12.8 Å². The molecule has 62 valence electrons. The molecule has 1 unspecified atom stereocenters. The van der Waals surface area contributed by atoms with Gasteiger partial charge in [-0.2, -0.15) is 0 Å². The summed E-state index contributed by atoms with van der Waals surface area (Å²) in [5.41, 5.74) is 0. The number of hydrogen-bond acceptors (Lipinski definition) is 3. The van der Waals surface area contributed by atoms with E-state index in [4.69, 9.17) is 9.84 Å². The predicted molar refractivity (Wildman–Crippen MR) is 36.2 cm³/mol. The van der Waals surface area contributed by atoms with Crippen molar-refractivity contribution in [2.45, 2.75) is 12.8 Å². The fourth-order valence-corrected chi connectivity index (χ4v) is 1.08. The monoisotopic (exact) mass is 158 g/mol. The third kappa shape index (κ3) is 2.31. The van der Waals surface area contributed by atoms with Gasteiger partial charge in [0.2, 0.25) is 0 Å². The molecule has 4 nitrogen and oxygen atoms in total. The average Bonchev–Trinajstić information content (AvgIpc) is 1.93. The number of Topliss-reactive ketones (excluding diaryl/α,β-unsaturated/α-hetero) is 1. The molecule has 4 heteroatoms. The summed E-state index contributed by atoms with van der Waals surface area (Å²) in [5, 5.41) is 8.38. The van der Waals surface area contributed by atoms with E-state index in [9.17, 15) is 9.59 Å². The molecule has 0 aromatic heterocycles. The highest BCUT2D eigenvalue weighted by Crippen LogP contribution is 2.12. The van der Waals surface area contributed by atoms with Crippen LogP contribution in [0.25, 0.3) is 0 Å². The number of hydrogen-bond donors (Lipinski definition) is 1. The van der Waals surface area contributed by atoms with Gasteiger partial charge in [-0.05, 0) is 0 Å². The van der Waals surface area contributed by atoms with Gasteiger partial charge in [-0.3, -0.25) is 9.59 Å². The first-order valence-corrected chi connectivity index (χ1v) is 3.52. The average molecular weight is 158 g/mol. The van der Waals surface area contributed by atoms with Crippen LogP contribution in [0.4, 0.5) is 0 Å². The standard InChI is InChI=1S/C7H10O4/c8-6-1-2-11-4-5(6)3-7(9)10/h5H,1-4H2,(H,9,10). The Morgan fingerprint density at radius 3 is 3.00 bits per heavy atom. The number of carbonyl (C=O) groups is 2. The van der Waals surface area contributed by atoms with Gasteiger partial charge in [0.15, 0.2) is 0 Å². The van der Waals surface area contributed by atoms with Crippen LogP contribution in [-0.2, 0) is 14.3 Å². The molecule has 0 aliphatic carbocycles. The number of carboxylic acid groups (broad SMARTS) is 1. The van der Waals surface area contributed by atoms with Crippen LogP contribution in [0.3, 0.4) is 0 Å². The predicted octanol–water partition coefficient (Wildman–Crippen LogP) is 0.0667. The van der Waals surface area contributed by atoms with Crippen molar-refractivity contribution in [3.63, 3.8) is 0 Å². The van der Waals surface area contributed by atoms with Gasteiger partial charge in [-0.25, -0.2) is 0 Å². The number of ether oxygens (including phenoxy) is 1. The second-order valence-electron chi connectivity index (χ2n) is 2.59. The number of carboxylic acids is 1. The molecule has 1 heterocycles. The summed E-state index contributed by atoms with van der Waals surface area (Å²) in [6, 6.07) is 0. The molecule has 1 atom stereocenters. The van der Waals surface area contributed by atoms with Crippen LogP contribution in [0.5, 0.6) is 0 Å². The Kier molecular flexibility index (Phi) is 2.59. The van der Waals surface area contributed by atoms with E-state index in [1.165, 1.54) is 0 Å². The first-order valence-electron chi connectivity index (χ1n) is 3.52. The van der Waals surface area contributed by atoms with Crippen molar-refractivity contribution in [3.05, 3.63) is 0 Å². The molecule has 0 amide bonds. The number of rotatable bonds is 2. The fraction of sp³-hybridized carbons (Fsp3) is 0.714. The molecular weight excluding hydrogens is 148 g/mol. The third-order valence-corrected chi connectivity index (χ3v) is 1.69.